The molecule has 3 unspecified atom stereocenters. The van der Waals surface area contributed by atoms with Crippen LogP contribution in [0.15, 0.2) is 23.1 Å². The topological polar surface area (TPSA) is 29.1 Å². The monoisotopic (exact) mass is 309 g/mol. The van der Waals surface area contributed by atoms with Crippen LogP contribution in [0.4, 0.5) is 0 Å². The first-order valence-electron chi connectivity index (χ1n) is 8.26. The normalized spacial score (nSPS) is 15.7. The van der Waals surface area contributed by atoms with Gasteiger partial charge in [0.1, 0.15) is 0 Å². The summed E-state index contributed by atoms with van der Waals surface area (Å²) < 4.78 is 13.1. The number of nitrogens with one attached hydrogen (secondary N) is 1. The van der Waals surface area contributed by atoms with Gasteiger partial charge in [-0.15, -0.1) is 0 Å². The summed E-state index contributed by atoms with van der Waals surface area (Å²) in [6.07, 6.45) is 4.28. The van der Waals surface area contributed by atoms with Gasteiger partial charge in [0, 0.05) is 10.9 Å². The summed E-state index contributed by atoms with van der Waals surface area (Å²) in [6.45, 7) is 11.7. The minimum Gasteiger partial charge on any atom is -0.313 e. The van der Waals surface area contributed by atoms with Gasteiger partial charge in [0.2, 0.25) is 0 Å². The van der Waals surface area contributed by atoms with Crippen LogP contribution in [0.25, 0.3) is 0 Å². The summed E-state index contributed by atoms with van der Waals surface area (Å²) in [4.78, 5) is 1.02. The van der Waals surface area contributed by atoms with Gasteiger partial charge in [-0.2, -0.15) is 0 Å². The molecule has 0 bridgehead atoms. The third-order valence-electron chi connectivity index (χ3n) is 3.94. The Balaban J connectivity index is 2.99. The predicted octanol–water partition coefficient (Wildman–Crippen LogP) is 4.36. The Hall–Kier alpha value is -0.670. The van der Waals surface area contributed by atoms with E-state index in [1.807, 2.05) is 0 Å². The van der Waals surface area contributed by atoms with E-state index in [1.54, 1.807) is 0 Å². The lowest BCUT2D eigenvalue weighted by Gasteiger charge is -2.27. The fraction of sp³-hybridized carbons (Fsp3) is 0.667. The van der Waals surface area contributed by atoms with Gasteiger partial charge in [0.05, 0.1) is 16.0 Å². The zero-order valence-corrected chi connectivity index (χ0v) is 15.1. The minimum absolute atomic E-state index is 0.192. The van der Waals surface area contributed by atoms with Crippen molar-refractivity contribution in [2.24, 2.45) is 0 Å². The van der Waals surface area contributed by atoms with Gasteiger partial charge in [0.25, 0.3) is 0 Å². The van der Waals surface area contributed by atoms with E-state index in [2.05, 4.69) is 58.1 Å². The molecular formula is C18H31NOS. The molecule has 1 aromatic rings. The van der Waals surface area contributed by atoms with Crippen molar-refractivity contribution < 1.29 is 4.21 Å². The molecule has 0 heterocycles. The molecule has 21 heavy (non-hydrogen) atoms. The molecule has 0 aliphatic rings. The van der Waals surface area contributed by atoms with E-state index in [0.29, 0.717) is 6.04 Å². The van der Waals surface area contributed by atoms with Crippen LogP contribution in [-0.2, 0) is 10.8 Å². The first-order valence-corrected chi connectivity index (χ1v) is 9.47. The summed E-state index contributed by atoms with van der Waals surface area (Å²) in [5, 5.41) is 3.80. The predicted molar refractivity (Wildman–Crippen MR) is 93.4 cm³/mol. The Kier molecular flexibility index (Phi) is 8.20. The molecule has 0 saturated carbocycles. The lowest BCUT2D eigenvalue weighted by Crippen LogP contribution is -2.42. The third kappa shape index (κ3) is 5.23. The van der Waals surface area contributed by atoms with E-state index >= 15 is 0 Å². The van der Waals surface area contributed by atoms with Gasteiger partial charge in [-0.3, -0.25) is 4.21 Å². The first-order chi connectivity index (χ1) is 10.0. The van der Waals surface area contributed by atoms with Crippen LogP contribution in [-0.4, -0.2) is 22.0 Å². The summed E-state index contributed by atoms with van der Waals surface area (Å²) in [5.41, 5.74) is 2.33. The smallest absolute Gasteiger partial charge is 0.0579 e. The van der Waals surface area contributed by atoms with Crippen molar-refractivity contribution in [3.05, 3.63) is 29.3 Å². The molecule has 0 aromatic heterocycles. The second-order valence-corrected chi connectivity index (χ2v) is 7.50. The first kappa shape index (κ1) is 18.4. The number of benzene rings is 1. The molecule has 1 aromatic carbocycles. The second-order valence-electron chi connectivity index (χ2n) is 5.86. The molecule has 0 aliphatic carbocycles. The Bertz CT molecular complexity index is 459. The highest BCUT2D eigenvalue weighted by molar-refractivity contribution is 7.85. The Labute approximate surface area is 133 Å². The van der Waals surface area contributed by atoms with Crippen LogP contribution in [0.3, 0.4) is 0 Å². The average molecular weight is 310 g/mol. The highest BCUT2D eigenvalue weighted by atomic mass is 32.2. The third-order valence-corrected chi connectivity index (χ3v) is 6.03. The van der Waals surface area contributed by atoms with Crippen molar-refractivity contribution in [1.29, 1.82) is 0 Å². The van der Waals surface area contributed by atoms with E-state index in [0.717, 1.165) is 42.7 Å². The molecule has 1 rings (SSSR count). The standard InChI is InChI=1S/C18H31NOS/c1-6-9-16(19-12-7-2)17(8-3)21(20)18-13-14(4)10-11-15(18)5/h10-11,13,16-17,19H,6-9,12H2,1-5H3. The van der Waals surface area contributed by atoms with E-state index in [9.17, 15) is 4.21 Å². The minimum atomic E-state index is -0.941. The molecule has 0 fully saturated rings. The summed E-state index contributed by atoms with van der Waals surface area (Å²) in [6, 6.07) is 6.62. The maximum Gasteiger partial charge on any atom is 0.0579 e. The van der Waals surface area contributed by atoms with Gasteiger partial charge in [-0.25, -0.2) is 0 Å². The van der Waals surface area contributed by atoms with Crippen molar-refractivity contribution in [1.82, 2.24) is 5.32 Å². The van der Waals surface area contributed by atoms with Crippen LogP contribution < -0.4 is 5.32 Å². The van der Waals surface area contributed by atoms with Crippen molar-refractivity contribution in [3.8, 4) is 0 Å². The molecule has 120 valence electrons. The number of hydrogen-bond acceptors (Lipinski definition) is 2. The molecular weight excluding hydrogens is 278 g/mol. The van der Waals surface area contributed by atoms with Crippen LogP contribution >= 0.6 is 0 Å². The van der Waals surface area contributed by atoms with Crippen molar-refractivity contribution in [3.63, 3.8) is 0 Å². The summed E-state index contributed by atoms with van der Waals surface area (Å²) in [5.74, 6) is 0. The van der Waals surface area contributed by atoms with Gasteiger partial charge < -0.3 is 5.32 Å². The molecule has 3 atom stereocenters. The lowest BCUT2D eigenvalue weighted by molar-refractivity contribution is 0.447. The van der Waals surface area contributed by atoms with Crippen LogP contribution in [0, 0.1) is 13.8 Å². The highest BCUT2D eigenvalue weighted by Crippen LogP contribution is 2.23. The molecule has 0 radical (unpaired) electrons. The molecule has 0 spiro atoms. The van der Waals surface area contributed by atoms with E-state index < -0.39 is 10.8 Å². The second kappa shape index (κ2) is 9.37. The SMILES string of the molecule is CCCNC(CCC)C(CC)S(=O)c1cc(C)ccc1C. The van der Waals surface area contributed by atoms with Crippen LogP contribution in [0.2, 0.25) is 0 Å². The van der Waals surface area contributed by atoms with Gasteiger partial charge in [0.15, 0.2) is 0 Å². The fourth-order valence-corrected chi connectivity index (χ4v) is 4.58. The zero-order valence-electron chi connectivity index (χ0n) is 14.2. The average Bonchev–Trinajstić information content (AvgIpc) is 2.47. The quantitative estimate of drug-likeness (QED) is 0.734. The highest BCUT2D eigenvalue weighted by Gasteiger charge is 2.26. The molecule has 1 N–H and O–H groups in total. The summed E-state index contributed by atoms with van der Waals surface area (Å²) >= 11 is 0. The van der Waals surface area contributed by atoms with E-state index in [-0.39, 0.29) is 5.25 Å². The van der Waals surface area contributed by atoms with Crippen molar-refractivity contribution in [2.75, 3.05) is 6.54 Å². The number of aryl methyl sites for hydroxylation is 2. The Morgan fingerprint density at radius 3 is 2.43 bits per heavy atom. The van der Waals surface area contributed by atoms with Gasteiger partial charge in [-0.05, 0) is 56.8 Å². The maximum atomic E-state index is 13.1. The molecule has 0 aliphatic heterocycles. The Morgan fingerprint density at radius 1 is 1.14 bits per heavy atom. The fourth-order valence-electron chi connectivity index (χ4n) is 2.73. The van der Waals surface area contributed by atoms with Gasteiger partial charge >= 0.3 is 0 Å². The van der Waals surface area contributed by atoms with Crippen molar-refractivity contribution in [2.45, 2.75) is 76.5 Å². The molecule has 0 saturated heterocycles. The van der Waals surface area contributed by atoms with E-state index in [4.69, 9.17) is 0 Å². The van der Waals surface area contributed by atoms with Crippen LogP contribution in [0.5, 0.6) is 0 Å². The van der Waals surface area contributed by atoms with Crippen LogP contribution in [0.1, 0.15) is 57.6 Å². The summed E-state index contributed by atoms with van der Waals surface area (Å²) in [7, 11) is -0.941. The lowest BCUT2D eigenvalue weighted by atomic mass is 10.1. The number of rotatable bonds is 9. The zero-order chi connectivity index (χ0) is 15.8. The molecule has 0 amide bonds. The van der Waals surface area contributed by atoms with E-state index in [1.165, 1.54) is 5.56 Å². The largest absolute Gasteiger partial charge is 0.313 e. The van der Waals surface area contributed by atoms with Gasteiger partial charge in [-0.1, -0.05) is 39.3 Å². The number of hydrogen-bond donors (Lipinski definition) is 1. The molecule has 2 nitrogen and oxygen atoms in total. The maximum absolute atomic E-state index is 13.1. The molecule has 3 heteroatoms. The van der Waals surface area contributed by atoms with Crippen molar-refractivity contribution >= 4 is 10.8 Å². The Morgan fingerprint density at radius 2 is 1.86 bits per heavy atom.